The molecule has 0 bridgehead atoms. The number of ketones is 1. The molecule has 0 aliphatic carbocycles. The van der Waals surface area contributed by atoms with Gasteiger partial charge in [0.05, 0.1) is 24.3 Å². The number of ether oxygens (including phenoxy) is 3. The van der Waals surface area contributed by atoms with Gasteiger partial charge in [-0.3, -0.25) is 4.79 Å². The van der Waals surface area contributed by atoms with Crippen LogP contribution in [0.2, 0.25) is 0 Å². The van der Waals surface area contributed by atoms with Gasteiger partial charge >= 0.3 is 0 Å². The maximum atomic E-state index is 12.3. The van der Waals surface area contributed by atoms with Gasteiger partial charge < -0.3 is 14.2 Å². The van der Waals surface area contributed by atoms with Crippen LogP contribution in [0.1, 0.15) is 10.4 Å². The molecule has 0 aliphatic heterocycles. The summed E-state index contributed by atoms with van der Waals surface area (Å²) in [5, 5.41) is 0. The first-order valence-corrected chi connectivity index (χ1v) is 7.07. The summed E-state index contributed by atoms with van der Waals surface area (Å²) in [5.41, 5.74) is 0.434. The van der Waals surface area contributed by atoms with Crippen molar-refractivity contribution in [1.82, 2.24) is 0 Å². The first-order chi connectivity index (χ1) is 10.2. The molecular weight excluding hydrogens is 336 g/mol. The average molecular weight is 351 g/mol. The largest absolute Gasteiger partial charge is 0.497 e. The highest BCUT2D eigenvalue weighted by Crippen LogP contribution is 2.26. The van der Waals surface area contributed by atoms with Crippen molar-refractivity contribution in [2.24, 2.45) is 0 Å². The molecule has 0 spiro atoms. The van der Waals surface area contributed by atoms with Crippen LogP contribution in [0.4, 0.5) is 0 Å². The lowest BCUT2D eigenvalue weighted by atomic mass is 10.1. The molecule has 0 aliphatic rings. The third-order valence-corrected chi connectivity index (χ3v) is 3.56. The predicted molar refractivity (Wildman–Crippen MR) is 83.5 cm³/mol. The number of carbonyl (C=O) groups excluding carboxylic acids is 1. The smallest absolute Gasteiger partial charge is 0.204 e. The van der Waals surface area contributed by atoms with Gasteiger partial charge in [0, 0.05) is 0 Å². The SMILES string of the molecule is COc1ccc(OC)c(C(=O)COc2ccccc2Br)c1. The minimum Gasteiger partial charge on any atom is -0.497 e. The molecule has 0 N–H and O–H groups in total. The van der Waals surface area contributed by atoms with E-state index in [1.165, 1.54) is 7.11 Å². The van der Waals surface area contributed by atoms with Crippen LogP contribution in [0, 0.1) is 0 Å². The molecule has 110 valence electrons. The number of halogens is 1. The Morgan fingerprint density at radius 2 is 1.81 bits per heavy atom. The topological polar surface area (TPSA) is 44.8 Å². The molecule has 0 aromatic heterocycles. The van der Waals surface area contributed by atoms with Gasteiger partial charge in [-0.25, -0.2) is 0 Å². The third-order valence-electron chi connectivity index (χ3n) is 2.90. The van der Waals surface area contributed by atoms with Gasteiger partial charge in [0.25, 0.3) is 0 Å². The lowest BCUT2D eigenvalue weighted by Crippen LogP contribution is -2.13. The van der Waals surface area contributed by atoms with E-state index in [9.17, 15) is 4.79 Å². The molecule has 2 aromatic carbocycles. The number of methoxy groups -OCH3 is 2. The van der Waals surface area contributed by atoms with Gasteiger partial charge in [0.15, 0.2) is 6.61 Å². The van der Waals surface area contributed by atoms with Crippen LogP contribution in [0.25, 0.3) is 0 Å². The van der Waals surface area contributed by atoms with E-state index in [0.717, 1.165) is 4.47 Å². The summed E-state index contributed by atoms with van der Waals surface area (Å²) < 4.78 is 16.7. The normalized spacial score (nSPS) is 10.0. The summed E-state index contributed by atoms with van der Waals surface area (Å²) in [4.78, 5) is 12.3. The van der Waals surface area contributed by atoms with E-state index in [0.29, 0.717) is 22.8 Å². The van der Waals surface area contributed by atoms with E-state index in [4.69, 9.17) is 14.2 Å². The first-order valence-electron chi connectivity index (χ1n) is 6.28. The van der Waals surface area contributed by atoms with E-state index in [1.54, 1.807) is 31.4 Å². The Labute approximate surface area is 131 Å². The highest BCUT2D eigenvalue weighted by molar-refractivity contribution is 9.10. The monoisotopic (exact) mass is 350 g/mol. The lowest BCUT2D eigenvalue weighted by molar-refractivity contribution is 0.0917. The second kappa shape index (κ2) is 7.13. The molecule has 4 nitrogen and oxygen atoms in total. The van der Waals surface area contributed by atoms with Crippen LogP contribution in [0.5, 0.6) is 17.2 Å². The van der Waals surface area contributed by atoms with Crippen LogP contribution >= 0.6 is 15.9 Å². The van der Waals surface area contributed by atoms with Crippen molar-refractivity contribution in [3.05, 3.63) is 52.5 Å². The quantitative estimate of drug-likeness (QED) is 0.744. The zero-order chi connectivity index (χ0) is 15.2. The maximum Gasteiger partial charge on any atom is 0.204 e. The number of rotatable bonds is 6. The number of carbonyl (C=O) groups is 1. The highest BCUT2D eigenvalue weighted by Gasteiger charge is 2.15. The van der Waals surface area contributed by atoms with E-state index in [1.807, 2.05) is 18.2 Å². The summed E-state index contributed by atoms with van der Waals surface area (Å²) in [6, 6.07) is 12.5. The van der Waals surface area contributed by atoms with E-state index < -0.39 is 0 Å². The van der Waals surface area contributed by atoms with E-state index >= 15 is 0 Å². The second-order valence-corrected chi connectivity index (χ2v) is 5.06. The Kier molecular flexibility index (Phi) is 5.22. The van der Waals surface area contributed by atoms with E-state index in [2.05, 4.69) is 15.9 Å². The minimum absolute atomic E-state index is 0.0772. The third kappa shape index (κ3) is 3.76. The van der Waals surface area contributed by atoms with Gasteiger partial charge in [-0.15, -0.1) is 0 Å². The van der Waals surface area contributed by atoms with E-state index in [-0.39, 0.29) is 12.4 Å². The van der Waals surface area contributed by atoms with Crippen LogP contribution < -0.4 is 14.2 Å². The van der Waals surface area contributed by atoms with Crippen LogP contribution in [-0.2, 0) is 0 Å². The molecule has 0 fully saturated rings. The number of Topliss-reactive ketones (excluding diaryl/α,β-unsaturated/α-hetero) is 1. The zero-order valence-corrected chi connectivity index (χ0v) is 13.3. The number of para-hydroxylation sites is 1. The van der Waals surface area contributed by atoms with Crippen molar-refractivity contribution in [3.63, 3.8) is 0 Å². The van der Waals surface area contributed by atoms with Crippen molar-refractivity contribution >= 4 is 21.7 Å². The molecule has 0 amide bonds. The van der Waals surface area contributed by atoms with Crippen LogP contribution in [0.3, 0.4) is 0 Å². The Bertz CT molecular complexity index is 640. The fourth-order valence-corrected chi connectivity index (χ4v) is 2.21. The standard InChI is InChI=1S/C16H15BrO4/c1-19-11-7-8-15(20-2)12(9-11)14(18)10-21-16-6-4-3-5-13(16)17/h3-9H,10H2,1-2H3. The van der Waals surface area contributed by atoms with Crippen molar-refractivity contribution < 1.29 is 19.0 Å². The van der Waals surface area contributed by atoms with Crippen molar-refractivity contribution in [3.8, 4) is 17.2 Å². The molecule has 0 saturated carbocycles. The first kappa shape index (κ1) is 15.4. The molecule has 5 heteroatoms. The predicted octanol–water partition coefficient (Wildman–Crippen LogP) is 3.73. The zero-order valence-electron chi connectivity index (χ0n) is 11.8. The Hall–Kier alpha value is -2.01. The molecular formula is C16H15BrO4. The van der Waals surface area contributed by atoms with Gasteiger partial charge in [-0.1, -0.05) is 12.1 Å². The number of hydrogen-bond acceptors (Lipinski definition) is 4. The van der Waals surface area contributed by atoms with Crippen molar-refractivity contribution in [1.29, 1.82) is 0 Å². The Morgan fingerprint density at radius 3 is 2.48 bits per heavy atom. The minimum atomic E-state index is -0.179. The summed E-state index contributed by atoms with van der Waals surface area (Å²) in [6.45, 7) is -0.0772. The van der Waals surface area contributed by atoms with Gasteiger partial charge in [0.2, 0.25) is 5.78 Å². The molecule has 0 atom stereocenters. The number of benzene rings is 2. The average Bonchev–Trinajstić information content (AvgIpc) is 2.53. The summed E-state index contributed by atoms with van der Waals surface area (Å²) in [6.07, 6.45) is 0. The van der Waals surface area contributed by atoms with Gasteiger partial charge in [-0.05, 0) is 46.3 Å². The second-order valence-electron chi connectivity index (χ2n) is 4.21. The fraction of sp³-hybridized carbons (Fsp3) is 0.188. The lowest BCUT2D eigenvalue weighted by Gasteiger charge is -2.11. The van der Waals surface area contributed by atoms with Gasteiger partial charge in [0.1, 0.15) is 17.2 Å². The molecule has 0 radical (unpaired) electrons. The fourth-order valence-electron chi connectivity index (χ4n) is 1.81. The summed E-state index contributed by atoms with van der Waals surface area (Å²) >= 11 is 3.37. The Morgan fingerprint density at radius 1 is 1.05 bits per heavy atom. The molecule has 0 saturated heterocycles. The molecule has 2 aromatic rings. The Balaban J connectivity index is 2.15. The summed E-state index contributed by atoms with van der Waals surface area (Å²) in [5.74, 6) is 1.53. The van der Waals surface area contributed by atoms with Crippen molar-refractivity contribution in [2.45, 2.75) is 0 Å². The molecule has 21 heavy (non-hydrogen) atoms. The molecule has 0 unspecified atom stereocenters. The highest BCUT2D eigenvalue weighted by atomic mass is 79.9. The van der Waals surface area contributed by atoms with Crippen LogP contribution in [-0.4, -0.2) is 26.6 Å². The molecule has 0 heterocycles. The van der Waals surface area contributed by atoms with Crippen LogP contribution in [0.15, 0.2) is 46.9 Å². The van der Waals surface area contributed by atoms with Crippen molar-refractivity contribution in [2.75, 3.05) is 20.8 Å². The molecule has 2 rings (SSSR count). The van der Waals surface area contributed by atoms with Gasteiger partial charge in [-0.2, -0.15) is 0 Å². The number of hydrogen-bond donors (Lipinski definition) is 0. The maximum absolute atomic E-state index is 12.3. The summed E-state index contributed by atoms with van der Waals surface area (Å²) in [7, 11) is 3.07.